The van der Waals surface area contributed by atoms with Gasteiger partial charge in [0.25, 0.3) is 5.56 Å². The molecular weight excluding hydrogens is 306 g/mol. The van der Waals surface area contributed by atoms with Crippen molar-refractivity contribution in [3.8, 4) is 0 Å². The van der Waals surface area contributed by atoms with Crippen LogP contribution in [0.4, 0.5) is 5.69 Å². The van der Waals surface area contributed by atoms with Crippen LogP contribution in [0.3, 0.4) is 0 Å². The SMILES string of the molecule is Cc1nn(C)c(C)c1NC(=O)CSc1nnc(C)c(=O)n1N. The second-order valence-electron chi connectivity index (χ2n) is 4.75. The number of amides is 1. The van der Waals surface area contributed by atoms with Crippen LogP contribution in [0.15, 0.2) is 9.95 Å². The van der Waals surface area contributed by atoms with E-state index >= 15 is 0 Å². The Morgan fingerprint density at radius 1 is 1.27 bits per heavy atom. The minimum absolute atomic E-state index is 0.0577. The zero-order valence-electron chi connectivity index (χ0n) is 12.7. The van der Waals surface area contributed by atoms with Crippen LogP contribution >= 0.6 is 11.8 Å². The largest absolute Gasteiger partial charge is 0.334 e. The number of nitrogen functional groups attached to an aromatic ring is 1. The Hall–Kier alpha value is -2.36. The molecule has 0 aliphatic carbocycles. The van der Waals surface area contributed by atoms with Gasteiger partial charge in [-0.25, -0.2) is 0 Å². The molecule has 0 bridgehead atoms. The van der Waals surface area contributed by atoms with Gasteiger partial charge in [0.1, 0.15) is 5.69 Å². The van der Waals surface area contributed by atoms with Gasteiger partial charge >= 0.3 is 0 Å². The number of thioether (sulfide) groups is 1. The van der Waals surface area contributed by atoms with Crippen LogP contribution in [0.1, 0.15) is 17.1 Å². The van der Waals surface area contributed by atoms with Crippen molar-refractivity contribution < 1.29 is 4.79 Å². The first-order valence-electron chi connectivity index (χ1n) is 6.45. The first kappa shape index (κ1) is 16.0. The molecule has 2 aromatic heterocycles. The highest BCUT2D eigenvalue weighted by Gasteiger charge is 2.14. The summed E-state index contributed by atoms with van der Waals surface area (Å²) in [5.41, 5.74) is 2.06. The van der Waals surface area contributed by atoms with E-state index in [-0.39, 0.29) is 22.5 Å². The van der Waals surface area contributed by atoms with E-state index in [0.29, 0.717) is 5.69 Å². The second kappa shape index (κ2) is 6.18. The topological polar surface area (TPSA) is 121 Å². The summed E-state index contributed by atoms with van der Waals surface area (Å²) in [5, 5.41) is 14.7. The van der Waals surface area contributed by atoms with Crippen LogP contribution in [0.2, 0.25) is 0 Å². The van der Waals surface area contributed by atoms with Crippen LogP contribution in [0, 0.1) is 20.8 Å². The maximum absolute atomic E-state index is 12.0. The predicted octanol–water partition coefficient (Wildman–Crippen LogP) is -0.258. The number of carbonyl (C=O) groups excluding carboxylic acids is 1. The van der Waals surface area contributed by atoms with E-state index in [0.717, 1.165) is 27.8 Å². The molecule has 2 rings (SSSR count). The van der Waals surface area contributed by atoms with Gasteiger partial charge in [0, 0.05) is 7.05 Å². The molecule has 0 aromatic carbocycles. The molecular formula is C12H17N7O2S. The highest BCUT2D eigenvalue weighted by Crippen LogP contribution is 2.19. The van der Waals surface area contributed by atoms with Crippen LogP contribution < -0.4 is 16.7 Å². The fourth-order valence-corrected chi connectivity index (χ4v) is 2.48. The number of aromatic nitrogens is 5. The van der Waals surface area contributed by atoms with Gasteiger partial charge in [0.05, 0.1) is 22.8 Å². The van der Waals surface area contributed by atoms with Crippen LogP contribution in [-0.2, 0) is 11.8 Å². The monoisotopic (exact) mass is 323 g/mol. The Bertz CT molecular complexity index is 781. The fraction of sp³-hybridized carbons (Fsp3) is 0.417. The number of hydrogen-bond acceptors (Lipinski definition) is 7. The number of carbonyl (C=O) groups is 1. The lowest BCUT2D eigenvalue weighted by atomic mass is 10.3. The summed E-state index contributed by atoms with van der Waals surface area (Å²) in [5.74, 6) is 5.43. The van der Waals surface area contributed by atoms with E-state index in [1.165, 1.54) is 6.92 Å². The van der Waals surface area contributed by atoms with Gasteiger partial charge in [0.15, 0.2) is 0 Å². The number of hydrogen-bond donors (Lipinski definition) is 2. The fourth-order valence-electron chi connectivity index (χ4n) is 1.83. The van der Waals surface area contributed by atoms with Gasteiger partial charge in [-0.05, 0) is 20.8 Å². The Balaban J connectivity index is 2.05. The lowest BCUT2D eigenvalue weighted by Gasteiger charge is -2.07. The van der Waals surface area contributed by atoms with Crippen molar-refractivity contribution in [2.75, 3.05) is 16.9 Å². The minimum atomic E-state index is -0.433. The normalized spacial score (nSPS) is 10.7. The average molecular weight is 323 g/mol. The number of nitrogens with one attached hydrogen (secondary N) is 1. The van der Waals surface area contributed by atoms with Crippen molar-refractivity contribution in [1.29, 1.82) is 0 Å². The molecule has 1 amide bonds. The molecule has 22 heavy (non-hydrogen) atoms. The minimum Gasteiger partial charge on any atom is -0.334 e. The highest BCUT2D eigenvalue weighted by atomic mass is 32.2. The Labute approximate surface area is 130 Å². The summed E-state index contributed by atoms with van der Waals surface area (Å²) < 4.78 is 2.59. The molecule has 3 N–H and O–H groups in total. The number of anilines is 1. The van der Waals surface area contributed by atoms with Gasteiger partial charge in [0.2, 0.25) is 11.1 Å². The summed E-state index contributed by atoms with van der Waals surface area (Å²) >= 11 is 1.04. The molecule has 0 atom stereocenters. The second-order valence-corrected chi connectivity index (χ2v) is 5.69. The lowest BCUT2D eigenvalue weighted by molar-refractivity contribution is -0.113. The Kier molecular flexibility index (Phi) is 4.50. The maximum atomic E-state index is 12.0. The highest BCUT2D eigenvalue weighted by molar-refractivity contribution is 7.99. The third-order valence-electron chi connectivity index (χ3n) is 3.13. The van der Waals surface area contributed by atoms with Crippen molar-refractivity contribution in [2.24, 2.45) is 7.05 Å². The number of rotatable bonds is 4. The van der Waals surface area contributed by atoms with Crippen LogP contribution in [0.5, 0.6) is 0 Å². The standard InChI is InChI=1S/C12H17N7O2S/c1-6-10(8(3)18(4)17-6)14-9(20)5-22-12-16-15-7(2)11(21)19(12)13/h5,13H2,1-4H3,(H,14,20). The first-order valence-corrected chi connectivity index (χ1v) is 7.44. The summed E-state index contributed by atoms with van der Waals surface area (Å²) in [6.07, 6.45) is 0. The molecule has 9 nitrogen and oxygen atoms in total. The number of nitrogens with two attached hydrogens (primary N) is 1. The maximum Gasteiger partial charge on any atom is 0.294 e. The molecule has 0 unspecified atom stereocenters. The molecule has 118 valence electrons. The third-order valence-corrected chi connectivity index (χ3v) is 4.07. The molecule has 0 aliphatic heterocycles. The van der Waals surface area contributed by atoms with Crippen molar-refractivity contribution in [1.82, 2.24) is 24.7 Å². The Morgan fingerprint density at radius 3 is 2.55 bits per heavy atom. The quantitative estimate of drug-likeness (QED) is 0.587. The first-order chi connectivity index (χ1) is 10.3. The molecule has 0 aliphatic rings. The molecule has 2 heterocycles. The number of nitrogens with zero attached hydrogens (tertiary/aromatic N) is 5. The van der Waals surface area contributed by atoms with E-state index < -0.39 is 5.56 Å². The van der Waals surface area contributed by atoms with E-state index in [1.807, 2.05) is 20.9 Å². The van der Waals surface area contributed by atoms with Gasteiger partial charge in [-0.1, -0.05) is 11.8 Å². The van der Waals surface area contributed by atoms with Gasteiger partial charge in [-0.3, -0.25) is 14.3 Å². The smallest absolute Gasteiger partial charge is 0.294 e. The van der Waals surface area contributed by atoms with E-state index in [2.05, 4.69) is 20.6 Å². The van der Waals surface area contributed by atoms with Gasteiger partial charge in [-0.15, -0.1) is 10.2 Å². The molecule has 2 aromatic rings. The molecule has 0 radical (unpaired) electrons. The van der Waals surface area contributed by atoms with Crippen molar-refractivity contribution in [2.45, 2.75) is 25.9 Å². The molecule has 0 spiro atoms. The summed E-state index contributed by atoms with van der Waals surface area (Å²) in [7, 11) is 1.81. The van der Waals surface area contributed by atoms with E-state index in [1.54, 1.807) is 4.68 Å². The van der Waals surface area contributed by atoms with E-state index in [9.17, 15) is 9.59 Å². The molecule has 10 heteroatoms. The zero-order valence-corrected chi connectivity index (χ0v) is 13.6. The summed E-state index contributed by atoms with van der Waals surface area (Å²) in [4.78, 5) is 23.6. The van der Waals surface area contributed by atoms with Crippen molar-refractivity contribution >= 4 is 23.4 Å². The zero-order chi connectivity index (χ0) is 16.4. The molecule has 0 saturated heterocycles. The van der Waals surface area contributed by atoms with Crippen molar-refractivity contribution in [3.63, 3.8) is 0 Å². The Morgan fingerprint density at radius 2 is 1.95 bits per heavy atom. The van der Waals surface area contributed by atoms with Crippen LogP contribution in [0.25, 0.3) is 0 Å². The van der Waals surface area contributed by atoms with E-state index in [4.69, 9.17) is 5.84 Å². The summed E-state index contributed by atoms with van der Waals surface area (Å²) in [6.45, 7) is 5.21. The number of aryl methyl sites for hydroxylation is 3. The molecule has 0 saturated carbocycles. The van der Waals surface area contributed by atoms with Crippen molar-refractivity contribution in [3.05, 3.63) is 27.4 Å². The van der Waals surface area contributed by atoms with Gasteiger partial charge < -0.3 is 11.2 Å². The lowest BCUT2D eigenvalue weighted by Crippen LogP contribution is -2.32. The predicted molar refractivity (Wildman–Crippen MR) is 83.2 cm³/mol. The van der Waals surface area contributed by atoms with Crippen LogP contribution in [-0.4, -0.2) is 36.3 Å². The average Bonchev–Trinajstić information content (AvgIpc) is 2.70. The third kappa shape index (κ3) is 3.11. The van der Waals surface area contributed by atoms with Gasteiger partial charge in [-0.2, -0.15) is 9.77 Å². The molecule has 0 fully saturated rings. The summed E-state index contributed by atoms with van der Waals surface area (Å²) in [6, 6.07) is 0.